The van der Waals surface area contributed by atoms with Gasteiger partial charge in [-0.2, -0.15) is 0 Å². The van der Waals surface area contributed by atoms with Gasteiger partial charge < -0.3 is 0 Å². The summed E-state index contributed by atoms with van der Waals surface area (Å²) in [6.07, 6.45) is 3.66. The van der Waals surface area contributed by atoms with Gasteiger partial charge in [0.15, 0.2) is 0 Å². The highest BCUT2D eigenvalue weighted by atomic mass is 32.1. The van der Waals surface area contributed by atoms with E-state index in [4.69, 9.17) is 0 Å². The lowest BCUT2D eigenvalue weighted by atomic mass is 10.2. The normalized spacial score (nSPS) is 10.3. The fourth-order valence-corrected chi connectivity index (χ4v) is 2.21. The molecule has 2 heterocycles. The first-order valence-electron chi connectivity index (χ1n) is 4.12. The molecule has 13 heavy (non-hydrogen) atoms. The van der Waals surface area contributed by atoms with E-state index in [-0.39, 0.29) is 0 Å². The molecule has 3 heteroatoms. The fourth-order valence-electron chi connectivity index (χ4n) is 1.30. The number of hydrogen-bond donors (Lipinski definition) is 0. The summed E-state index contributed by atoms with van der Waals surface area (Å²) in [6.45, 7) is 4.06. The summed E-state index contributed by atoms with van der Waals surface area (Å²) in [6, 6.07) is 4.01. The number of aryl methyl sites for hydroxylation is 2. The Balaban J connectivity index is 2.53. The Kier molecular flexibility index (Phi) is 2.10. The second-order valence-corrected chi connectivity index (χ2v) is 4.09. The van der Waals surface area contributed by atoms with Gasteiger partial charge in [-0.15, -0.1) is 11.3 Å². The molecule has 0 N–H and O–H groups in total. The summed E-state index contributed by atoms with van der Waals surface area (Å²) < 4.78 is 0. The van der Waals surface area contributed by atoms with Gasteiger partial charge in [0.1, 0.15) is 0 Å². The third-order valence-corrected chi connectivity index (χ3v) is 2.95. The molecular weight excluding hydrogens is 180 g/mol. The first-order valence-corrected chi connectivity index (χ1v) is 4.93. The van der Waals surface area contributed by atoms with Crippen molar-refractivity contribution in [2.24, 2.45) is 0 Å². The van der Waals surface area contributed by atoms with Gasteiger partial charge in [0.2, 0.25) is 0 Å². The zero-order valence-electron chi connectivity index (χ0n) is 7.61. The van der Waals surface area contributed by atoms with Crippen LogP contribution in [0.4, 0.5) is 0 Å². The Bertz CT molecular complexity index is 406. The van der Waals surface area contributed by atoms with Gasteiger partial charge in [-0.05, 0) is 19.9 Å². The van der Waals surface area contributed by atoms with Crippen molar-refractivity contribution < 1.29 is 0 Å². The number of hydrogen-bond acceptors (Lipinski definition) is 3. The van der Waals surface area contributed by atoms with Crippen LogP contribution in [0.15, 0.2) is 24.5 Å². The first-order chi connectivity index (χ1) is 6.27. The molecule has 0 aliphatic carbocycles. The molecule has 0 radical (unpaired) electrons. The molecule has 0 amide bonds. The van der Waals surface area contributed by atoms with Crippen LogP contribution < -0.4 is 0 Å². The van der Waals surface area contributed by atoms with Crippen molar-refractivity contribution in [1.82, 2.24) is 9.97 Å². The van der Waals surface area contributed by atoms with Crippen LogP contribution >= 0.6 is 11.3 Å². The van der Waals surface area contributed by atoms with E-state index in [9.17, 15) is 0 Å². The molecule has 0 aromatic carbocycles. The zero-order valence-corrected chi connectivity index (χ0v) is 8.43. The summed E-state index contributed by atoms with van der Waals surface area (Å²) >= 11 is 1.72. The predicted octanol–water partition coefficient (Wildman–Crippen LogP) is 2.82. The minimum atomic E-state index is 1.09. The monoisotopic (exact) mass is 190 g/mol. The highest BCUT2D eigenvalue weighted by Crippen LogP contribution is 2.28. The van der Waals surface area contributed by atoms with Crippen molar-refractivity contribution >= 4 is 11.3 Å². The van der Waals surface area contributed by atoms with Gasteiger partial charge in [-0.25, -0.2) is 4.98 Å². The molecular formula is C10H10N2S. The number of aromatic nitrogens is 2. The van der Waals surface area contributed by atoms with Crippen LogP contribution in [0, 0.1) is 13.8 Å². The van der Waals surface area contributed by atoms with Gasteiger partial charge in [-0.3, -0.25) is 4.98 Å². The Morgan fingerprint density at radius 1 is 1.31 bits per heavy atom. The van der Waals surface area contributed by atoms with Crippen molar-refractivity contribution in [2.45, 2.75) is 13.8 Å². The van der Waals surface area contributed by atoms with E-state index in [1.165, 1.54) is 4.88 Å². The van der Waals surface area contributed by atoms with Gasteiger partial charge in [-0.1, -0.05) is 6.07 Å². The molecule has 0 fully saturated rings. The molecule has 0 saturated carbocycles. The fraction of sp³-hybridized carbons (Fsp3) is 0.200. The second kappa shape index (κ2) is 3.26. The quantitative estimate of drug-likeness (QED) is 0.691. The second-order valence-electron chi connectivity index (χ2n) is 2.89. The Morgan fingerprint density at radius 3 is 2.69 bits per heavy atom. The van der Waals surface area contributed by atoms with Gasteiger partial charge in [0, 0.05) is 18.0 Å². The predicted molar refractivity (Wildman–Crippen MR) is 54.8 cm³/mol. The maximum Gasteiger partial charge on any atom is 0.0903 e. The minimum Gasteiger partial charge on any atom is -0.264 e. The molecule has 0 unspecified atom stereocenters. The number of thiazole rings is 1. The van der Waals surface area contributed by atoms with E-state index >= 15 is 0 Å². The number of nitrogens with zero attached hydrogens (tertiary/aromatic N) is 2. The summed E-state index contributed by atoms with van der Waals surface area (Å²) in [4.78, 5) is 9.70. The maximum absolute atomic E-state index is 4.38. The third-order valence-electron chi connectivity index (χ3n) is 1.83. The number of rotatable bonds is 1. The molecule has 66 valence electrons. The minimum absolute atomic E-state index is 1.09. The zero-order chi connectivity index (χ0) is 9.26. The van der Waals surface area contributed by atoms with Crippen molar-refractivity contribution in [2.75, 3.05) is 0 Å². The molecule has 2 rings (SSSR count). The van der Waals surface area contributed by atoms with Crippen molar-refractivity contribution in [3.05, 3.63) is 35.2 Å². The van der Waals surface area contributed by atoms with Gasteiger partial charge in [0.25, 0.3) is 0 Å². The average Bonchev–Trinajstić information content (AvgIpc) is 2.47. The summed E-state index contributed by atoms with van der Waals surface area (Å²) in [5.74, 6) is 0. The van der Waals surface area contributed by atoms with Crippen LogP contribution in [0.5, 0.6) is 0 Å². The van der Waals surface area contributed by atoms with Crippen molar-refractivity contribution in [3.63, 3.8) is 0 Å². The van der Waals surface area contributed by atoms with Crippen LogP contribution in [0.25, 0.3) is 10.4 Å². The van der Waals surface area contributed by atoms with Gasteiger partial charge in [0.05, 0.1) is 15.6 Å². The molecule has 2 aromatic rings. The number of pyridine rings is 1. The van der Waals surface area contributed by atoms with E-state index < -0.39 is 0 Å². The van der Waals surface area contributed by atoms with Crippen LogP contribution in [-0.4, -0.2) is 9.97 Å². The summed E-state index contributed by atoms with van der Waals surface area (Å²) in [7, 11) is 0. The van der Waals surface area contributed by atoms with E-state index in [2.05, 4.69) is 16.0 Å². The lowest BCUT2D eigenvalue weighted by Gasteiger charge is -1.95. The molecule has 0 aliphatic rings. The molecule has 0 bridgehead atoms. The smallest absolute Gasteiger partial charge is 0.0903 e. The molecule has 2 nitrogen and oxygen atoms in total. The largest absolute Gasteiger partial charge is 0.264 e. The van der Waals surface area contributed by atoms with E-state index in [1.54, 1.807) is 17.5 Å². The molecule has 0 aliphatic heterocycles. The molecule has 2 aromatic heterocycles. The van der Waals surface area contributed by atoms with Crippen LogP contribution in [-0.2, 0) is 0 Å². The van der Waals surface area contributed by atoms with Crippen LogP contribution in [0.2, 0.25) is 0 Å². The highest BCUT2D eigenvalue weighted by Gasteiger charge is 2.06. The maximum atomic E-state index is 4.38. The third kappa shape index (κ3) is 1.60. The Labute approximate surface area is 81.3 Å². The lowest BCUT2D eigenvalue weighted by Crippen LogP contribution is -1.78. The first kappa shape index (κ1) is 8.38. The Morgan fingerprint density at radius 2 is 2.15 bits per heavy atom. The lowest BCUT2D eigenvalue weighted by molar-refractivity contribution is 1.20. The Hall–Kier alpha value is -1.22. The van der Waals surface area contributed by atoms with E-state index in [0.717, 1.165) is 16.3 Å². The van der Waals surface area contributed by atoms with Crippen molar-refractivity contribution in [1.29, 1.82) is 0 Å². The van der Waals surface area contributed by atoms with Crippen LogP contribution in [0.1, 0.15) is 10.7 Å². The average molecular weight is 190 g/mol. The SMILES string of the molecule is Cc1nc(C)c(-c2cccnc2)s1. The molecule has 0 atom stereocenters. The summed E-state index contributed by atoms with van der Waals surface area (Å²) in [5, 5.41) is 1.11. The van der Waals surface area contributed by atoms with E-state index in [1.807, 2.05) is 26.1 Å². The molecule has 0 saturated heterocycles. The van der Waals surface area contributed by atoms with Crippen molar-refractivity contribution in [3.8, 4) is 10.4 Å². The summed E-state index contributed by atoms with van der Waals surface area (Å²) in [5.41, 5.74) is 2.25. The van der Waals surface area contributed by atoms with E-state index in [0.29, 0.717) is 0 Å². The molecule has 0 spiro atoms. The van der Waals surface area contributed by atoms with Gasteiger partial charge >= 0.3 is 0 Å². The standard InChI is InChI=1S/C10H10N2S/c1-7-10(13-8(2)12-7)9-4-3-5-11-6-9/h3-6H,1-2H3. The van der Waals surface area contributed by atoms with Crippen LogP contribution in [0.3, 0.4) is 0 Å². The highest BCUT2D eigenvalue weighted by molar-refractivity contribution is 7.15. The topological polar surface area (TPSA) is 25.8 Å².